The van der Waals surface area contributed by atoms with Crippen molar-refractivity contribution in [2.45, 2.75) is 71.5 Å². The normalized spacial score (nSPS) is 17.6. The SMILES string of the molecule is CCCCOCCCCC1COC(CCCCOc2ccc(C(=O)Oc3ccc(C)cc3)cc2)OC1. The lowest BCUT2D eigenvalue weighted by Crippen LogP contribution is -2.32. The first-order valence-corrected chi connectivity index (χ1v) is 13.5. The van der Waals surface area contributed by atoms with Crippen molar-refractivity contribution in [1.29, 1.82) is 0 Å². The minimum Gasteiger partial charge on any atom is -0.494 e. The van der Waals surface area contributed by atoms with Crippen LogP contribution in [0.4, 0.5) is 0 Å². The third kappa shape index (κ3) is 10.7. The molecule has 0 unspecified atom stereocenters. The van der Waals surface area contributed by atoms with Crippen LogP contribution in [0.3, 0.4) is 0 Å². The first-order valence-electron chi connectivity index (χ1n) is 13.5. The number of ether oxygens (including phenoxy) is 5. The van der Waals surface area contributed by atoms with E-state index in [9.17, 15) is 4.79 Å². The molecule has 1 fully saturated rings. The fraction of sp³-hybridized carbons (Fsp3) is 0.567. The number of rotatable bonds is 16. The van der Waals surface area contributed by atoms with E-state index in [0.29, 0.717) is 23.8 Å². The minimum absolute atomic E-state index is 0.0996. The van der Waals surface area contributed by atoms with Gasteiger partial charge in [-0.15, -0.1) is 0 Å². The molecule has 0 N–H and O–H groups in total. The van der Waals surface area contributed by atoms with E-state index in [1.807, 2.05) is 19.1 Å². The van der Waals surface area contributed by atoms with Gasteiger partial charge in [-0.3, -0.25) is 0 Å². The molecule has 36 heavy (non-hydrogen) atoms. The third-order valence-corrected chi connectivity index (χ3v) is 6.25. The van der Waals surface area contributed by atoms with Crippen LogP contribution >= 0.6 is 0 Å². The van der Waals surface area contributed by atoms with Gasteiger partial charge in [-0.1, -0.05) is 37.5 Å². The first kappa shape index (κ1) is 28.2. The molecule has 0 atom stereocenters. The standard InChI is InChI=1S/C30H42O6/c1-3-4-19-32-20-7-5-9-25-22-34-29(35-23-25)10-6-8-21-33-27-17-13-26(14-18-27)30(31)36-28-15-11-24(2)12-16-28/h11-18,25,29H,3-10,19-23H2,1-2H3. The molecule has 1 aliphatic rings. The highest BCUT2D eigenvalue weighted by molar-refractivity contribution is 5.91. The van der Waals surface area contributed by atoms with Crippen molar-refractivity contribution in [2.75, 3.05) is 33.0 Å². The predicted molar refractivity (Wildman–Crippen MR) is 141 cm³/mol. The lowest BCUT2D eigenvalue weighted by molar-refractivity contribution is -0.204. The molecule has 198 valence electrons. The van der Waals surface area contributed by atoms with Crippen LogP contribution in [0.2, 0.25) is 0 Å². The molecular weight excluding hydrogens is 456 g/mol. The monoisotopic (exact) mass is 498 g/mol. The van der Waals surface area contributed by atoms with Gasteiger partial charge in [0.1, 0.15) is 11.5 Å². The second-order valence-electron chi connectivity index (χ2n) is 9.50. The van der Waals surface area contributed by atoms with Crippen LogP contribution in [0, 0.1) is 12.8 Å². The highest BCUT2D eigenvalue weighted by atomic mass is 16.7. The highest BCUT2D eigenvalue weighted by Gasteiger charge is 2.21. The summed E-state index contributed by atoms with van der Waals surface area (Å²) in [6.45, 7) is 8.12. The average Bonchev–Trinajstić information content (AvgIpc) is 2.90. The van der Waals surface area contributed by atoms with Gasteiger partial charge in [-0.05, 0) is 81.8 Å². The molecule has 2 aromatic carbocycles. The van der Waals surface area contributed by atoms with Gasteiger partial charge in [0, 0.05) is 19.1 Å². The van der Waals surface area contributed by atoms with Crippen molar-refractivity contribution in [3.63, 3.8) is 0 Å². The molecule has 0 aliphatic carbocycles. The summed E-state index contributed by atoms with van der Waals surface area (Å²) in [6.07, 6.45) is 8.44. The summed E-state index contributed by atoms with van der Waals surface area (Å²) in [4.78, 5) is 12.3. The quantitative estimate of drug-likeness (QED) is 0.145. The van der Waals surface area contributed by atoms with Crippen LogP contribution in [0.1, 0.15) is 74.2 Å². The molecule has 0 bridgehead atoms. The summed E-state index contributed by atoms with van der Waals surface area (Å²) >= 11 is 0. The molecule has 2 aromatic rings. The molecule has 1 saturated heterocycles. The van der Waals surface area contributed by atoms with Crippen molar-refractivity contribution in [1.82, 2.24) is 0 Å². The third-order valence-electron chi connectivity index (χ3n) is 6.25. The topological polar surface area (TPSA) is 63.2 Å². The van der Waals surface area contributed by atoms with Crippen LogP contribution in [-0.4, -0.2) is 45.3 Å². The predicted octanol–water partition coefficient (Wildman–Crippen LogP) is 6.74. The number of unbranched alkanes of at least 4 members (excludes halogenated alkanes) is 3. The van der Waals surface area contributed by atoms with E-state index >= 15 is 0 Å². The zero-order valence-electron chi connectivity index (χ0n) is 21.9. The van der Waals surface area contributed by atoms with Crippen LogP contribution in [0.25, 0.3) is 0 Å². The van der Waals surface area contributed by atoms with E-state index < -0.39 is 0 Å². The highest BCUT2D eigenvalue weighted by Crippen LogP contribution is 2.21. The van der Waals surface area contributed by atoms with Gasteiger partial charge in [0.25, 0.3) is 0 Å². The largest absolute Gasteiger partial charge is 0.494 e. The molecule has 3 rings (SSSR count). The van der Waals surface area contributed by atoms with Crippen LogP contribution in [-0.2, 0) is 14.2 Å². The van der Waals surface area contributed by atoms with Crippen molar-refractivity contribution < 1.29 is 28.5 Å². The van der Waals surface area contributed by atoms with Gasteiger partial charge in [-0.2, -0.15) is 0 Å². The van der Waals surface area contributed by atoms with Crippen molar-refractivity contribution in [3.05, 3.63) is 59.7 Å². The van der Waals surface area contributed by atoms with Gasteiger partial charge in [0.15, 0.2) is 6.29 Å². The summed E-state index contributed by atoms with van der Waals surface area (Å²) in [6, 6.07) is 14.5. The molecule has 0 aromatic heterocycles. The first-order chi connectivity index (χ1) is 17.6. The summed E-state index contributed by atoms with van der Waals surface area (Å²) in [5, 5.41) is 0. The number of aryl methyl sites for hydroxylation is 1. The van der Waals surface area contributed by atoms with E-state index in [4.69, 9.17) is 23.7 Å². The molecule has 0 saturated carbocycles. The maximum Gasteiger partial charge on any atom is 0.343 e. The Morgan fingerprint density at radius 2 is 1.44 bits per heavy atom. The second kappa shape index (κ2) is 16.4. The Hall–Kier alpha value is -2.41. The van der Waals surface area contributed by atoms with Crippen molar-refractivity contribution in [3.8, 4) is 11.5 Å². The number of hydrogen-bond acceptors (Lipinski definition) is 6. The fourth-order valence-electron chi connectivity index (χ4n) is 3.96. The van der Waals surface area contributed by atoms with Gasteiger partial charge >= 0.3 is 5.97 Å². The Morgan fingerprint density at radius 1 is 0.806 bits per heavy atom. The average molecular weight is 499 g/mol. The summed E-state index contributed by atoms with van der Waals surface area (Å²) in [7, 11) is 0. The molecule has 6 heteroatoms. The minimum atomic E-state index is -0.378. The molecule has 0 radical (unpaired) electrons. The second-order valence-corrected chi connectivity index (χ2v) is 9.50. The van der Waals surface area contributed by atoms with E-state index in [1.54, 1.807) is 36.4 Å². The molecule has 6 nitrogen and oxygen atoms in total. The number of esters is 1. The Labute approximate surface area is 216 Å². The van der Waals surface area contributed by atoms with Gasteiger partial charge in [-0.25, -0.2) is 4.79 Å². The lowest BCUT2D eigenvalue weighted by Gasteiger charge is -2.29. The number of carbonyl (C=O) groups excluding carboxylic acids is 1. The number of benzene rings is 2. The van der Waals surface area contributed by atoms with E-state index in [1.165, 1.54) is 12.8 Å². The van der Waals surface area contributed by atoms with Crippen LogP contribution in [0.15, 0.2) is 48.5 Å². The molecule has 1 aliphatic heterocycles. The number of hydrogen-bond donors (Lipinski definition) is 0. The van der Waals surface area contributed by atoms with E-state index in [-0.39, 0.29) is 12.3 Å². The Balaban J connectivity index is 1.21. The Bertz CT molecular complexity index is 856. The smallest absolute Gasteiger partial charge is 0.343 e. The Morgan fingerprint density at radius 3 is 2.17 bits per heavy atom. The maximum atomic E-state index is 12.3. The van der Waals surface area contributed by atoms with E-state index in [2.05, 4.69) is 6.92 Å². The number of carbonyl (C=O) groups is 1. The summed E-state index contributed by atoms with van der Waals surface area (Å²) in [5.74, 6) is 1.40. The molecule has 0 spiro atoms. The molecular formula is C30H42O6. The van der Waals surface area contributed by atoms with Gasteiger partial charge in [0.05, 0.1) is 25.4 Å². The van der Waals surface area contributed by atoms with E-state index in [0.717, 1.165) is 76.3 Å². The van der Waals surface area contributed by atoms with Gasteiger partial charge < -0.3 is 23.7 Å². The molecule has 0 amide bonds. The van der Waals surface area contributed by atoms with Crippen molar-refractivity contribution in [2.24, 2.45) is 5.92 Å². The fourth-order valence-corrected chi connectivity index (χ4v) is 3.96. The maximum absolute atomic E-state index is 12.3. The Kier molecular flexibility index (Phi) is 12.8. The summed E-state index contributed by atoms with van der Waals surface area (Å²) < 4.78 is 28.7. The lowest BCUT2D eigenvalue weighted by atomic mass is 10.0. The molecule has 1 heterocycles. The zero-order valence-corrected chi connectivity index (χ0v) is 21.9. The summed E-state index contributed by atoms with van der Waals surface area (Å²) in [5.41, 5.74) is 1.61. The van der Waals surface area contributed by atoms with Crippen LogP contribution in [0.5, 0.6) is 11.5 Å². The van der Waals surface area contributed by atoms with Crippen LogP contribution < -0.4 is 9.47 Å². The van der Waals surface area contributed by atoms with Gasteiger partial charge in [0.2, 0.25) is 0 Å². The zero-order chi connectivity index (χ0) is 25.4. The van der Waals surface area contributed by atoms with Crippen molar-refractivity contribution >= 4 is 5.97 Å².